The second-order valence-electron chi connectivity index (χ2n) is 5.02. The smallest absolute Gasteiger partial charge is 0.240 e. The molecule has 2 N–H and O–H groups in total. The van der Waals surface area contributed by atoms with Crippen LogP contribution in [0.4, 0.5) is 0 Å². The Morgan fingerprint density at radius 3 is 2.95 bits per heavy atom. The molecule has 6 heteroatoms. The summed E-state index contributed by atoms with van der Waals surface area (Å²) >= 11 is 1.86. The van der Waals surface area contributed by atoms with Gasteiger partial charge in [0.15, 0.2) is 0 Å². The number of rotatable bonds is 4. The van der Waals surface area contributed by atoms with Gasteiger partial charge in [-0.25, -0.2) is 13.1 Å². The van der Waals surface area contributed by atoms with Gasteiger partial charge in [0, 0.05) is 24.9 Å². The lowest BCUT2D eigenvalue weighted by Gasteiger charge is -2.11. The Hall–Kier alpha value is -0.560. The highest BCUT2D eigenvalue weighted by molar-refractivity contribution is 8.00. The molecule has 4 nitrogen and oxygen atoms in total. The highest BCUT2D eigenvalue weighted by atomic mass is 32.2. The number of hydrogen-bond donors (Lipinski definition) is 2. The zero-order valence-electron chi connectivity index (χ0n) is 10.7. The standard InChI is InChI=1S/C13H18N2O2S2/c16-19(17,15-9-12-2-1-5-18-12)13-4-3-10-7-14-8-11(10)6-13/h3-4,6,12,14-15H,1-2,5,7-9H2. The molecule has 1 aromatic rings. The Balaban J connectivity index is 1.72. The molecule has 19 heavy (non-hydrogen) atoms. The highest BCUT2D eigenvalue weighted by Crippen LogP contribution is 2.26. The molecule has 2 heterocycles. The zero-order valence-corrected chi connectivity index (χ0v) is 12.3. The van der Waals surface area contributed by atoms with Crippen molar-refractivity contribution in [2.75, 3.05) is 12.3 Å². The third kappa shape index (κ3) is 2.97. The lowest BCUT2D eigenvalue weighted by Crippen LogP contribution is -2.29. The van der Waals surface area contributed by atoms with E-state index in [-0.39, 0.29) is 0 Å². The molecule has 3 rings (SSSR count). The van der Waals surface area contributed by atoms with E-state index in [4.69, 9.17) is 0 Å². The minimum atomic E-state index is -3.36. The number of nitrogens with one attached hydrogen (secondary N) is 2. The predicted octanol–water partition coefficient (Wildman–Crippen LogP) is 1.46. The molecule has 2 aliphatic heterocycles. The van der Waals surface area contributed by atoms with Gasteiger partial charge in [0.2, 0.25) is 10.0 Å². The monoisotopic (exact) mass is 298 g/mol. The fourth-order valence-corrected chi connectivity index (χ4v) is 4.97. The van der Waals surface area contributed by atoms with Gasteiger partial charge in [-0.1, -0.05) is 6.07 Å². The molecule has 0 radical (unpaired) electrons. The molecule has 104 valence electrons. The first-order valence-corrected chi connectivity index (χ1v) is 9.12. The lowest BCUT2D eigenvalue weighted by molar-refractivity contribution is 0.579. The fourth-order valence-electron chi connectivity index (χ4n) is 2.53. The van der Waals surface area contributed by atoms with Gasteiger partial charge in [-0.05, 0) is 41.9 Å². The quantitative estimate of drug-likeness (QED) is 0.884. The maximum Gasteiger partial charge on any atom is 0.240 e. The largest absolute Gasteiger partial charge is 0.309 e. The van der Waals surface area contributed by atoms with Gasteiger partial charge in [-0.3, -0.25) is 0 Å². The predicted molar refractivity (Wildman–Crippen MR) is 77.7 cm³/mol. The Labute approximate surface area is 118 Å². The summed E-state index contributed by atoms with van der Waals surface area (Å²) < 4.78 is 27.2. The van der Waals surface area contributed by atoms with Crippen molar-refractivity contribution >= 4 is 21.8 Å². The summed E-state index contributed by atoms with van der Waals surface area (Å²) in [6.07, 6.45) is 2.31. The fraction of sp³-hybridized carbons (Fsp3) is 0.538. The van der Waals surface area contributed by atoms with E-state index in [1.807, 2.05) is 17.8 Å². The number of benzene rings is 1. The van der Waals surface area contributed by atoms with Crippen LogP contribution in [0.2, 0.25) is 0 Å². The number of fused-ring (bicyclic) bond motifs is 1. The van der Waals surface area contributed by atoms with Crippen LogP contribution in [0.1, 0.15) is 24.0 Å². The summed E-state index contributed by atoms with van der Waals surface area (Å²) in [4.78, 5) is 0.387. The topological polar surface area (TPSA) is 58.2 Å². The normalized spacial score (nSPS) is 22.6. The van der Waals surface area contributed by atoms with E-state index in [2.05, 4.69) is 10.0 Å². The summed E-state index contributed by atoms with van der Waals surface area (Å²) in [6, 6.07) is 5.41. The molecule has 0 saturated carbocycles. The SMILES string of the molecule is O=S(=O)(NCC1CCCS1)c1ccc2c(c1)CNC2. The highest BCUT2D eigenvalue weighted by Gasteiger charge is 2.21. The van der Waals surface area contributed by atoms with E-state index in [1.165, 1.54) is 12.0 Å². The van der Waals surface area contributed by atoms with Crippen molar-refractivity contribution in [3.05, 3.63) is 29.3 Å². The van der Waals surface area contributed by atoms with Gasteiger partial charge in [0.25, 0.3) is 0 Å². The van der Waals surface area contributed by atoms with Crippen LogP contribution in [0, 0.1) is 0 Å². The summed E-state index contributed by atoms with van der Waals surface area (Å²) in [5.74, 6) is 1.15. The van der Waals surface area contributed by atoms with Crippen LogP contribution in [-0.4, -0.2) is 26.0 Å². The van der Waals surface area contributed by atoms with Crippen LogP contribution in [-0.2, 0) is 23.1 Å². The van der Waals surface area contributed by atoms with Crippen LogP contribution >= 0.6 is 11.8 Å². The third-order valence-corrected chi connectivity index (χ3v) is 6.46. The van der Waals surface area contributed by atoms with Crippen molar-refractivity contribution in [3.63, 3.8) is 0 Å². The Morgan fingerprint density at radius 2 is 2.16 bits per heavy atom. The van der Waals surface area contributed by atoms with Crippen LogP contribution < -0.4 is 10.0 Å². The molecule has 1 unspecified atom stereocenters. The maximum absolute atomic E-state index is 12.2. The molecule has 1 atom stereocenters. The average molecular weight is 298 g/mol. The molecular weight excluding hydrogens is 280 g/mol. The molecule has 0 aliphatic carbocycles. The van der Waals surface area contributed by atoms with Gasteiger partial charge in [-0.2, -0.15) is 11.8 Å². The van der Waals surface area contributed by atoms with E-state index in [0.717, 1.165) is 30.8 Å². The van der Waals surface area contributed by atoms with Crippen LogP contribution in [0.15, 0.2) is 23.1 Å². The second-order valence-corrected chi connectivity index (χ2v) is 8.20. The van der Waals surface area contributed by atoms with Gasteiger partial charge >= 0.3 is 0 Å². The van der Waals surface area contributed by atoms with Gasteiger partial charge in [-0.15, -0.1) is 0 Å². The Kier molecular flexibility index (Phi) is 3.84. The Morgan fingerprint density at radius 1 is 1.32 bits per heavy atom. The lowest BCUT2D eigenvalue weighted by atomic mass is 10.1. The van der Waals surface area contributed by atoms with E-state index < -0.39 is 10.0 Å². The molecule has 1 aromatic carbocycles. The number of sulfonamides is 1. The van der Waals surface area contributed by atoms with Crippen molar-refractivity contribution in [2.24, 2.45) is 0 Å². The summed E-state index contributed by atoms with van der Waals surface area (Å²) in [5.41, 5.74) is 2.29. The minimum Gasteiger partial charge on any atom is -0.309 e. The average Bonchev–Trinajstić information content (AvgIpc) is 3.06. The van der Waals surface area contributed by atoms with Crippen LogP contribution in [0.5, 0.6) is 0 Å². The summed E-state index contributed by atoms with van der Waals surface area (Å²) in [6.45, 7) is 2.14. The van der Waals surface area contributed by atoms with Crippen molar-refractivity contribution in [1.29, 1.82) is 0 Å². The van der Waals surface area contributed by atoms with Crippen LogP contribution in [0.25, 0.3) is 0 Å². The maximum atomic E-state index is 12.2. The third-order valence-electron chi connectivity index (χ3n) is 3.64. The molecule has 0 spiro atoms. The molecule has 0 aromatic heterocycles. The minimum absolute atomic E-state index is 0.387. The first kappa shape index (κ1) is 13.4. The molecule has 1 fully saturated rings. The summed E-state index contributed by atoms with van der Waals surface area (Å²) in [5, 5.41) is 3.66. The molecule has 0 amide bonds. The van der Waals surface area contributed by atoms with Crippen molar-refractivity contribution in [2.45, 2.75) is 36.1 Å². The van der Waals surface area contributed by atoms with E-state index in [0.29, 0.717) is 16.7 Å². The van der Waals surface area contributed by atoms with Crippen LogP contribution in [0.3, 0.4) is 0 Å². The van der Waals surface area contributed by atoms with E-state index in [1.54, 1.807) is 12.1 Å². The second kappa shape index (κ2) is 5.44. The number of hydrogen-bond acceptors (Lipinski definition) is 4. The van der Waals surface area contributed by atoms with Crippen molar-refractivity contribution in [3.8, 4) is 0 Å². The van der Waals surface area contributed by atoms with Gasteiger partial charge in [0.1, 0.15) is 0 Å². The Bertz CT molecular complexity index is 566. The summed E-state index contributed by atoms with van der Waals surface area (Å²) in [7, 11) is -3.36. The van der Waals surface area contributed by atoms with Gasteiger partial charge in [0.05, 0.1) is 4.90 Å². The molecule has 2 aliphatic rings. The first-order valence-electron chi connectivity index (χ1n) is 6.59. The van der Waals surface area contributed by atoms with E-state index in [9.17, 15) is 8.42 Å². The van der Waals surface area contributed by atoms with Gasteiger partial charge < -0.3 is 5.32 Å². The van der Waals surface area contributed by atoms with E-state index >= 15 is 0 Å². The molecule has 1 saturated heterocycles. The molecular formula is C13H18N2O2S2. The van der Waals surface area contributed by atoms with Crippen molar-refractivity contribution in [1.82, 2.24) is 10.0 Å². The first-order chi connectivity index (χ1) is 9.15. The van der Waals surface area contributed by atoms with Crippen molar-refractivity contribution < 1.29 is 8.42 Å². The number of thioether (sulfide) groups is 1. The molecule has 0 bridgehead atoms. The zero-order chi connectivity index (χ0) is 13.3.